The molecule has 0 aliphatic heterocycles. The monoisotopic (exact) mass is 427 g/mol. The summed E-state index contributed by atoms with van der Waals surface area (Å²) in [6, 6.07) is 25.5. The summed E-state index contributed by atoms with van der Waals surface area (Å²) in [5, 5.41) is 4.62. The summed E-state index contributed by atoms with van der Waals surface area (Å²) >= 11 is 0. The Balaban J connectivity index is 1.62. The van der Waals surface area contributed by atoms with Gasteiger partial charge in [0.2, 0.25) is 5.95 Å². The molecule has 0 amide bonds. The Kier molecular flexibility index (Phi) is 3.62. The quantitative estimate of drug-likeness (QED) is 0.337. The van der Waals surface area contributed by atoms with Crippen LogP contribution in [0.15, 0.2) is 85.2 Å². The minimum absolute atomic E-state index is 0.835. The fourth-order valence-electron chi connectivity index (χ4n) is 5.16. The molecule has 1 N–H and O–H groups in total. The van der Waals surface area contributed by atoms with Crippen molar-refractivity contribution in [2.75, 3.05) is 0 Å². The standard InChI is InChI=1S/C28H21N5/c1-17-8-7-9-18(2)25(17)32-15-14-29-28(32)33-24-13-6-4-11-20(24)22-16-21-19-10-3-5-12-23(19)30-26(21)31-27(22)33/h3-16H,1-2H3,(H,30,31). The average Bonchev–Trinajstić information content (AvgIpc) is 3.51. The number of H-pyrrole nitrogens is 1. The third-order valence-corrected chi connectivity index (χ3v) is 6.62. The van der Waals surface area contributed by atoms with Gasteiger partial charge >= 0.3 is 0 Å². The lowest BCUT2D eigenvalue weighted by molar-refractivity contribution is 0.917. The predicted octanol–water partition coefficient (Wildman–Crippen LogP) is 6.62. The highest BCUT2D eigenvalue weighted by Gasteiger charge is 2.20. The van der Waals surface area contributed by atoms with E-state index in [0.717, 1.165) is 44.7 Å². The molecule has 7 rings (SSSR count). The molecule has 33 heavy (non-hydrogen) atoms. The zero-order chi connectivity index (χ0) is 22.1. The smallest absolute Gasteiger partial charge is 0.220 e. The fourth-order valence-corrected chi connectivity index (χ4v) is 5.16. The van der Waals surface area contributed by atoms with Crippen molar-refractivity contribution in [3.63, 3.8) is 0 Å². The van der Waals surface area contributed by atoms with Gasteiger partial charge in [0, 0.05) is 39.5 Å². The number of fused-ring (bicyclic) bond motifs is 6. The Labute approximate surface area is 189 Å². The van der Waals surface area contributed by atoms with Crippen LogP contribution >= 0.6 is 0 Å². The number of aromatic amines is 1. The van der Waals surface area contributed by atoms with Crippen LogP contribution < -0.4 is 0 Å². The maximum atomic E-state index is 5.14. The Morgan fingerprint density at radius 2 is 1.52 bits per heavy atom. The van der Waals surface area contributed by atoms with Gasteiger partial charge in [-0.05, 0) is 43.2 Å². The largest absolute Gasteiger partial charge is 0.339 e. The molecule has 5 nitrogen and oxygen atoms in total. The van der Waals surface area contributed by atoms with Crippen LogP contribution in [0.25, 0.3) is 55.5 Å². The highest BCUT2D eigenvalue weighted by Crippen LogP contribution is 2.35. The Bertz CT molecular complexity index is 1830. The molecule has 7 aromatic rings. The van der Waals surface area contributed by atoms with E-state index in [4.69, 9.17) is 9.97 Å². The molecule has 0 saturated heterocycles. The average molecular weight is 428 g/mol. The van der Waals surface area contributed by atoms with E-state index in [1.165, 1.54) is 21.9 Å². The van der Waals surface area contributed by atoms with Crippen molar-refractivity contribution >= 4 is 43.9 Å². The molecule has 158 valence electrons. The van der Waals surface area contributed by atoms with E-state index in [0.29, 0.717) is 0 Å². The molecule has 0 radical (unpaired) electrons. The summed E-state index contributed by atoms with van der Waals surface area (Å²) in [6.45, 7) is 4.29. The zero-order valence-corrected chi connectivity index (χ0v) is 18.4. The topological polar surface area (TPSA) is 51.4 Å². The van der Waals surface area contributed by atoms with Crippen LogP contribution in [0.4, 0.5) is 0 Å². The van der Waals surface area contributed by atoms with Crippen molar-refractivity contribution in [1.29, 1.82) is 0 Å². The molecule has 4 aromatic heterocycles. The maximum absolute atomic E-state index is 5.14. The van der Waals surface area contributed by atoms with Crippen molar-refractivity contribution in [2.45, 2.75) is 13.8 Å². The third-order valence-electron chi connectivity index (χ3n) is 6.62. The first-order valence-corrected chi connectivity index (χ1v) is 11.1. The molecule has 0 aliphatic carbocycles. The number of aromatic nitrogens is 5. The minimum Gasteiger partial charge on any atom is -0.339 e. The summed E-state index contributed by atoms with van der Waals surface area (Å²) in [4.78, 5) is 13.5. The van der Waals surface area contributed by atoms with E-state index in [1.54, 1.807) is 0 Å². The number of benzene rings is 3. The van der Waals surface area contributed by atoms with Crippen molar-refractivity contribution in [3.05, 3.63) is 96.3 Å². The molecule has 5 heteroatoms. The highest BCUT2D eigenvalue weighted by molar-refractivity contribution is 6.15. The van der Waals surface area contributed by atoms with Crippen LogP contribution in [-0.2, 0) is 0 Å². The number of nitrogens with one attached hydrogen (secondary N) is 1. The molecule has 0 atom stereocenters. The number of nitrogens with zero attached hydrogens (tertiary/aromatic N) is 4. The Morgan fingerprint density at radius 1 is 0.758 bits per heavy atom. The van der Waals surface area contributed by atoms with E-state index in [1.807, 2.05) is 18.5 Å². The lowest BCUT2D eigenvalue weighted by Gasteiger charge is -2.15. The van der Waals surface area contributed by atoms with E-state index < -0.39 is 0 Å². The number of aryl methyl sites for hydroxylation is 2. The summed E-state index contributed by atoms with van der Waals surface area (Å²) < 4.78 is 4.36. The molecule has 0 bridgehead atoms. The molecule has 0 saturated carbocycles. The summed E-state index contributed by atoms with van der Waals surface area (Å²) in [6.07, 6.45) is 3.90. The number of para-hydroxylation sites is 3. The van der Waals surface area contributed by atoms with Gasteiger partial charge < -0.3 is 4.98 Å². The van der Waals surface area contributed by atoms with E-state index in [2.05, 4.69) is 94.7 Å². The van der Waals surface area contributed by atoms with Gasteiger partial charge in [0.05, 0.1) is 11.2 Å². The number of hydrogen-bond acceptors (Lipinski definition) is 2. The molecule has 0 unspecified atom stereocenters. The van der Waals surface area contributed by atoms with E-state index >= 15 is 0 Å². The lowest BCUT2D eigenvalue weighted by Crippen LogP contribution is -2.08. The summed E-state index contributed by atoms with van der Waals surface area (Å²) in [5.41, 5.74) is 7.55. The summed E-state index contributed by atoms with van der Waals surface area (Å²) in [5.74, 6) is 0.835. The molecule has 3 aromatic carbocycles. The first-order valence-electron chi connectivity index (χ1n) is 11.1. The maximum Gasteiger partial charge on any atom is 0.220 e. The second-order valence-electron chi connectivity index (χ2n) is 8.62. The van der Waals surface area contributed by atoms with Gasteiger partial charge in [-0.25, -0.2) is 9.97 Å². The van der Waals surface area contributed by atoms with Gasteiger partial charge in [0.25, 0.3) is 0 Å². The van der Waals surface area contributed by atoms with Crippen molar-refractivity contribution in [2.24, 2.45) is 0 Å². The molecule has 0 fully saturated rings. The second-order valence-corrected chi connectivity index (χ2v) is 8.62. The normalized spacial score (nSPS) is 11.9. The zero-order valence-electron chi connectivity index (χ0n) is 18.4. The first-order chi connectivity index (χ1) is 16.2. The van der Waals surface area contributed by atoms with Crippen molar-refractivity contribution in [3.8, 4) is 11.6 Å². The van der Waals surface area contributed by atoms with E-state index in [-0.39, 0.29) is 0 Å². The lowest BCUT2D eigenvalue weighted by atomic mass is 10.1. The molecular formula is C28H21N5. The van der Waals surface area contributed by atoms with Crippen LogP contribution in [0.1, 0.15) is 11.1 Å². The predicted molar refractivity (Wildman–Crippen MR) is 135 cm³/mol. The van der Waals surface area contributed by atoms with Gasteiger partial charge in [-0.3, -0.25) is 9.13 Å². The Hall–Kier alpha value is -4.38. The van der Waals surface area contributed by atoms with Crippen molar-refractivity contribution < 1.29 is 0 Å². The number of rotatable bonds is 2. The van der Waals surface area contributed by atoms with Crippen molar-refractivity contribution in [1.82, 2.24) is 24.1 Å². The van der Waals surface area contributed by atoms with Gasteiger partial charge in [0.15, 0.2) is 0 Å². The van der Waals surface area contributed by atoms with Gasteiger partial charge in [-0.1, -0.05) is 54.6 Å². The molecule has 4 heterocycles. The molecule has 0 aliphatic rings. The van der Waals surface area contributed by atoms with Crippen LogP contribution in [0.3, 0.4) is 0 Å². The van der Waals surface area contributed by atoms with Gasteiger partial charge in [-0.15, -0.1) is 0 Å². The molecular weight excluding hydrogens is 406 g/mol. The van der Waals surface area contributed by atoms with Crippen LogP contribution in [0.5, 0.6) is 0 Å². The van der Waals surface area contributed by atoms with Crippen LogP contribution in [-0.4, -0.2) is 24.1 Å². The third kappa shape index (κ3) is 2.47. The van der Waals surface area contributed by atoms with Crippen LogP contribution in [0, 0.1) is 13.8 Å². The molecule has 0 spiro atoms. The fraction of sp³-hybridized carbons (Fsp3) is 0.0714. The summed E-state index contributed by atoms with van der Waals surface area (Å²) in [7, 11) is 0. The highest BCUT2D eigenvalue weighted by atomic mass is 15.3. The van der Waals surface area contributed by atoms with Gasteiger partial charge in [-0.2, -0.15) is 0 Å². The first kappa shape index (κ1) is 18.2. The second kappa shape index (κ2) is 6.56. The Morgan fingerprint density at radius 3 is 2.36 bits per heavy atom. The van der Waals surface area contributed by atoms with Crippen LogP contribution in [0.2, 0.25) is 0 Å². The SMILES string of the molecule is Cc1cccc(C)c1-n1ccnc1-n1c2ccccc2c2cc3c(nc21)[nH]c1ccccc13. The minimum atomic E-state index is 0.835. The number of pyridine rings is 1. The van der Waals surface area contributed by atoms with E-state index in [9.17, 15) is 0 Å². The number of imidazole rings is 1. The number of hydrogen-bond donors (Lipinski definition) is 1. The van der Waals surface area contributed by atoms with Gasteiger partial charge in [0.1, 0.15) is 11.3 Å².